The summed E-state index contributed by atoms with van der Waals surface area (Å²) in [5.41, 5.74) is 3.36. The number of ether oxygens (including phenoxy) is 2. The van der Waals surface area contributed by atoms with E-state index in [1.54, 1.807) is 20.2 Å². The van der Waals surface area contributed by atoms with Gasteiger partial charge < -0.3 is 9.47 Å². The molecule has 0 aliphatic carbocycles. The van der Waals surface area contributed by atoms with E-state index in [4.69, 9.17) is 9.47 Å². The van der Waals surface area contributed by atoms with Gasteiger partial charge in [-0.1, -0.05) is 60.7 Å². The second-order valence-corrected chi connectivity index (χ2v) is 6.91. The molecule has 0 aromatic heterocycles. The van der Waals surface area contributed by atoms with Gasteiger partial charge in [0.15, 0.2) is 6.10 Å². The molecule has 1 atom stereocenters. The van der Waals surface area contributed by atoms with Crippen LogP contribution in [0, 0.1) is 0 Å². The lowest BCUT2D eigenvalue weighted by atomic mass is 10.0. The van der Waals surface area contributed by atoms with Crippen LogP contribution in [0.15, 0.2) is 84.0 Å². The Labute approximate surface area is 174 Å². The quantitative estimate of drug-likeness (QED) is 0.370. The molecule has 150 valence electrons. The molecule has 0 aliphatic rings. The fourth-order valence-electron chi connectivity index (χ4n) is 3.34. The minimum absolute atomic E-state index is 0.335. The summed E-state index contributed by atoms with van der Waals surface area (Å²) in [7, 11) is 1.61. The highest BCUT2D eigenvalue weighted by molar-refractivity contribution is 6.02. The molecule has 0 bridgehead atoms. The van der Waals surface area contributed by atoms with Gasteiger partial charge in [0.25, 0.3) is 5.91 Å². The van der Waals surface area contributed by atoms with Crippen molar-refractivity contribution in [3.63, 3.8) is 0 Å². The van der Waals surface area contributed by atoms with Crippen molar-refractivity contribution in [2.45, 2.75) is 13.0 Å². The van der Waals surface area contributed by atoms with Crippen LogP contribution in [0.4, 0.5) is 0 Å². The highest BCUT2D eigenvalue weighted by Crippen LogP contribution is 2.26. The number of hydrogen-bond donors (Lipinski definition) is 1. The number of hydrogen-bond acceptors (Lipinski definition) is 4. The van der Waals surface area contributed by atoms with Gasteiger partial charge >= 0.3 is 0 Å². The number of nitrogens with one attached hydrogen (secondary N) is 1. The number of rotatable bonds is 6. The number of carbonyl (C=O) groups excluding carboxylic acids is 1. The van der Waals surface area contributed by atoms with Gasteiger partial charge in [-0.2, -0.15) is 5.10 Å². The molecule has 5 nitrogen and oxygen atoms in total. The molecule has 1 N–H and O–H groups in total. The van der Waals surface area contributed by atoms with E-state index in [1.807, 2.05) is 78.9 Å². The van der Waals surface area contributed by atoms with Crippen LogP contribution in [0.2, 0.25) is 0 Å². The summed E-state index contributed by atoms with van der Waals surface area (Å²) in [5, 5.41) is 8.37. The monoisotopic (exact) mass is 398 g/mol. The minimum Gasteiger partial charge on any atom is -0.496 e. The van der Waals surface area contributed by atoms with Crippen LogP contribution in [0.25, 0.3) is 21.5 Å². The minimum atomic E-state index is -0.697. The van der Waals surface area contributed by atoms with Gasteiger partial charge in [-0.3, -0.25) is 4.79 Å². The third kappa shape index (κ3) is 4.10. The number of benzene rings is 4. The Kier molecular flexibility index (Phi) is 5.61. The zero-order valence-corrected chi connectivity index (χ0v) is 16.8. The summed E-state index contributed by atoms with van der Waals surface area (Å²) in [6.07, 6.45) is 0.902. The van der Waals surface area contributed by atoms with Gasteiger partial charge in [-0.25, -0.2) is 5.43 Å². The number of nitrogens with zero attached hydrogens (tertiary/aromatic N) is 1. The molecule has 4 aromatic carbocycles. The van der Waals surface area contributed by atoms with Crippen LogP contribution >= 0.6 is 0 Å². The smallest absolute Gasteiger partial charge is 0.280 e. The molecule has 1 unspecified atom stereocenters. The molecule has 0 radical (unpaired) electrons. The molecule has 0 saturated carbocycles. The average molecular weight is 398 g/mol. The number of hydrazone groups is 1. The Hall–Kier alpha value is -3.86. The Balaban J connectivity index is 1.46. The molecule has 5 heteroatoms. The summed E-state index contributed by atoms with van der Waals surface area (Å²) in [5.74, 6) is 0.988. The maximum atomic E-state index is 12.4. The van der Waals surface area contributed by atoms with Gasteiger partial charge in [0.2, 0.25) is 0 Å². The van der Waals surface area contributed by atoms with E-state index in [0.29, 0.717) is 11.5 Å². The molecule has 0 spiro atoms. The maximum Gasteiger partial charge on any atom is 0.280 e. The van der Waals surface area contributed by atoms with Crippen LogP contribution in [0.5, 0.6) is 11.5 Å². The van der Waals surface area contributed by atoms with Gasteiger partial charge in [-0.15, -0.1) is 0 Å². The fraction of sp³-hybridized carbons (Fsp3) is 0.120. The number of carbonyl (C=O) groups is 1. The van der Waals surface area contributed by atoms with Gasteiger partial charge in [-0.05, 0) is 46.7 Å². The highest BCUT2D eigenvalue weighted by Gasteiger charge is 2.14. The summed E-state index contributed by atoms with van der Waals surface area (Å²) < 4.78 is 11.2. The molecule has 4 rings (SSSR count). The summed E-state index contributed by atoms with van der Waals surface area (Å²) in [6, 6.07) is 25.6. The van der Waals surface area contributed by atoms with Crippen molar-refractivity contribution in [3.05, 3.63) is 84.4 Å². The first-order valence-electron chi connectivity index (χ1n) is 9.70. The molecule has 0 fully saturated rings. The van der Waals surface area contributed by atoms with Crippen molar-refractivity contribution >= 4 is 33.7 Å². The Bertz CT molecular complexity index is 1230. The first-order chi connectivity index (χ1) is 14.7. The Morgan fingerprint density at radius 1 is 0.933 bits per heavy atom. The zero-order valence-electron chi connectivity index (χ0n) is 16.8. The molecule has 1 amide bonds. The van der Waals surface area contributed by atoms with Crippen LogP contribution in [-0.4, -0.2) is 25.3 Å². The van der Waals surface area contributed by atoms with Crippen molar-refractivity contribution in [2.75, 3.05) is 7.11 Å². The molecule has 4 aromatic rings. The molecule has 0 aliphatic heterocycles. The van der Waals surface area contributed by atoms with Crippen molar-refractivity contribution in [1.82, 2.24) is 5.43 Å². The lowest BCUT2D eigenvalue weighted by molar-refractivity contribution is -0.127. The van der Waals surface area contributed by atoms with Gasteiger partial charge in [0, 0.05) is 5.56 Å². The predicted molar refractivity (Wildman–Crippen MR) is 120 cm³/mol. The normalized spacial score (nSPS) is 12.2. The van der Waals surface area contributed by atoms with Crippen molar-refractivity contribution < 1.29 is 14.3 Å². The maximum absolute atomic E-state index is 12.4. The first kappa shape index (κ1) is 19.5. The standard InChI is InChI=1S/C25H22N2O3/c1-17(30-21-13-11-18-7-3-4-9-20(18)15-21)25(28)27-26-16-23-22-10-6-5-8-19(22)12-14-24(23)29-2/h3-17H,1-2H3,(H,27,28). The SMILES string of the molecule is COc1ccc2ccccc2c1C=NNC(=O)C(C)Oc1ccc2ccccc2c1. The topological polar surface area (TPSA) is 59.9 Å². The molecular formula is C25H22N2O3. The highest BCUT2D eigenvalue weighted by atomic mass is 16.5. The number of methoxy groups -OCH3 is 1. The van der Waals surface area contributed by atoms with Gasteiger partial charge in [0.05, 0.1) is 13.3 Å². The van der Waals surface area contributed by atoms with Crippen LogP contribution in [0.3, 0.4) is 0 Å². The van der Waals surface area contributed by atoms with Crippen molar-refractivity contribution in [3.8, 4) is 11.5 Å². The number of amides is 1. The molecule has 30 heavy (non-hydrogen) atoms. The average Bonchev–Trinajstić information content (AvgIpc) is 2.78. The molecule has 0 saturated heterocycles. The lowest BCUT2D eigenvalue weighted by Crippen LogP contribution is -2.33. The van der Waals surface area contributed by atoms with E-state index < -0.39 is 6.10 Å². The Morgan fingerprint density at radius 2 is 1.63 bits per heavy atom. The lowest BCUT2D eigenvalue weighted by Gasteiger charge is -2.13. The van der Waals surface area contributed by atoms with E-state index in [2.05, 4.69) is 10.5 Å². The van der Waals surface area contributed by atoms with E-state index in [9.17, 15) is 4.79 Å². The Morgan fingerprint density at radius 3 is 2.43 bits per heavy atom. The molecular weight excluding hydrogens is 376 g/mol. The third-order valence-corrected chi connectivity index (χ3v) is 4.92. The summed E-state index contributed by atoms with van der Waals surface area (Å²) in [4.78, 5) is 12.4. The third-order valence-electron chi connectivity index (χ3n) is 4.92. The first-order valence-corrected chi connectivity index (χ1v) is 9.70. The van der Waals surface area contributed by atoms with Crippen molar-refractivity contribution in [1.29, 1.82) is 0 Å². The predicted octanol–water partition coefficient (Wildman–Crippen LogP) is 4.92. The van der Waals surface area contributed by atoms with E-state index in [0.717, 1.165) is 27.1 Å². The van der Waals surface area contributed by atoms with E-state index in [1.165, 1.54) is 0 Å². The number of fused-ring (bicyclic) bond motifs is 2. The largest absolute Gasteiger partial charge is 0.496 e. The second-order valence-electron chi connectivity index (χ2n) is 6.91. The summed E-state index contributed by atoms with van der Waals surface area (Å²) >= 11 is 0. The van der Waals surface area contributed by atoms with Crippen LogP contribution < -0.4 is 14.9 Å². The van der Waals surface area contributed by atoms with Crippen LogP contribution in [-0.2, 0) is 4.79 Å². The van der Waals surface area contributed by atoms with Crippen LogP contribution in [0.1, 0.15) is 12.5 Å². The van der Waals surface area contributed by atoms with E-state index >= 15 is 0 Å². The van der Waals surface area contributed by atoms with Crippen molar-refractivity contribution in [2.24, 2.45) is 5.10 Å². The van der Waals surface area contributed by atoms with E-state index in [-0.39, 0.29) is 5.91 Å². The fourth-order valence-corrected chi connectivity index (χ4v) is 3.34. The second kappa shape index (κ2) is 8.66. The van der Waals surface area contributed by atoms with Gasteiger partial charge in [0.1, 0.15) is 11.5 Å². The molecule has 0 heterocycles. The zero-order chi connectivity index (χ0) is 20.9. The summed E-state index contributed by atoms with van der Waals surface area (Å²) in [6.45, 7) is 1.69.